The van der Waals surface area contributed by atoms with Crippen molar-refractivity contribution in [2.45, 2.75) is 0 Å². The van der Waals surface area contributed by atoms with Crippen molar-refractivity contribution < 1.29 is 14.5 Å². The number of nitro benzene ring substituents is 1. The first-order chi connectivity index (χ1) is 17.0. The number of carbonyl (C=O) groups excluding carboxylic acids is 1. The molecular formula is C27H19N3O4S. The minimum absolute atomic E-state index is 0.147. The highest BCUT2D eigenvalue weighted by Crippen LogP contribution is 2.34. The van der Waals surface area contributed by atoms with Gasteiger partial charge in [0.2, 0.25) is 0 Å². The molecule has 5 aromatic rings. The van der Waals surface area contributed by atoms with E-state index in [2.05, 4.69) is 4.98 Å². The lowest BCUT2D eigenvalue weighted by atomic mass is 10.0. The molecular weight excluding hydrogens is 462 g/mol. The van der Waals surface area contributed by atoms with Crippen LogP contribution in [-0.4, -0.2) is 27.2 Å². The first-order valence-corrected chi connectivity index (χ1v) is 11.6. The number of fused-ring (bicyclic) bond motifs is 1. The number of aromatic nitrogens is 2. The molecule has 5 rings (SSSR count). The molecule has 0 atom stereocenters. The number of ketones is 1. The lowest BCUT2D eigenvalue weighted by molar-refractivity contribution is -0.385. The molecule has 0 N–H and O–H groups in total. The van der Waals surface area contributed by atoms with E-state index in [1.54, 1.807) is 30.3 Å². The summed E-state index contributed by atoms with van der Waals surface area (Å²) in [6.07, 6.45) is 5.05. The zero-order valence-electron chi connectivity index (χ0n) is 18.6. The molecule has 0 aliphatic carbocycles. The van der Waals surface area contributed by atoms with Gasteiger partial charge < -0.3 is 4.74 Å². The van der Waals surface area contributed by atoms with Crippen molar-refractivity contribution in [1.29, 1.82) is 0 Å². The number of rotatable bonds is 7. The molecule has 0 fully saturated rings. The zero-order valence-corrected chi connectivity index (χ0v) is 19.4. The summed E-state index contributed by atoms with van der Waals surface area (Å²) in [4.78, 5) is 29.3. The first-order valence-electron chi connectivity index (χ1n) is 10.7. The highest BCUT2D eigenvalue weighted by Gasteiger charge is 2.20. The number of methoxy groups -OCH3 is 1. The van der Waals surface area contributed by atoms with Gasteiger partial charge in [0.1, 0.15) is 0 Å². The quantitative estimate of drug-likeness (QED) is 0.114. The van der Waals surface area contributed by atoms with Gasteiger partial charge in [-0.15, -0.1) is 11.3 Å². The highest BCUT2D eigenvalue weighted by atomic mass is 32.1. The van der Waals surface area contributed by atoms with Crippen LogP contribution in [0.4, 0.5) is 5.69 Å². The summed E-state index contributed by atoms with van der Waals surface area (Å²) < 4.78 is 6.97. The third-order valence-corrected chi connectivity index (χ3v) is 6.37. The Morgan fingerprint density at radius 3 is 2.46 bits per heavy atom. The average molecular weight is 482 g/mol. The smallest absolute Gasteiger partial charge is 0.311 e. The van der Waals surface area contributed by atoms with Gasteiger partial charge in [0.05, 0.1) is 23.4 Å². The number of nitrogens with zero attached hydrogens (tertiary/aromatic N) is 3. The second-order valence-electron chi connectivity index (χ2n) is 7.69. The molecule has 35 heavy (non-hydrogen) atoms. The van der Waals surface area contributed by atoms with Crippen LogP contribution in [0.1, 0.15) is 16.1 Å². The number of imidazole rings is 1. The van der Waals surface area contributed by atoms with Crippen molar-refractivity contribution in [2.24, 2.45) is 0 Å². The van der Waals surface area contributed by atoms with E-state index in [1.807, 2.05) is 58.4 Å². The van der Waals surface area contributed by atoms with E-state index in [9.17, 15) is 14.9 Å². The predicted octanol–water partition coefficient (Wildman–Crippen LogP) is 6.54. The van der Waals surface area contributed by atoms with Crippen molar-refractivity contribution in [3.63, 3.8) is 0 Å². The maximum absolute atomic E-state index is 12.9. The zero-order chi connectivity index (χ0) is 24.4. The van der Waals surface area contributed by atoms with Gasteiger partial charge in [-0.3, -0.25) is 19.3 Å². The van der Waals surface area contributed by atoms with Crippen molar-refractivity contribution in [2.75, 3.05) is 7.11 Å². The van der Waals surface area contributed by atoms with Gasteiger partial charge in [-0.05, 0) is 35.4 Å². The van der Waals surface area contributed by atoms with E-state index in [-0.39, 0.29) is 17.2 Å². The average Bonchev–Trinajstić information content (AvgIpc) is 3.49. The SMILES string of the molecule is COc1ccc(-c2nc3sccn3c2/C=C/C(=O)c2ccc(-c3ccccc3)cc2)cc1[N+](=O)[O-]. The molecule has 0 amide bonds. The predicted molar refractivity (Wildman–Crippen MR) is 137 cm³/mol. The van der Waals surface area contributed by atoms with Crippen LogP contribution in [0.25, 0.3) is 33.4 Å². The first kappa shape index (κ1) is 22.2. The fourth-order valence-corrected chi connectivity index (χ4v) is 4.58. The maximum atomic E-state index is 12.9. The Hall–Kier alpha value is -4.56. The molecule has 0 aliphatic heterocycles. The molecule has 0 bridgehead atoms. The number of hydrogen-bond acceptors (Lipinski definition) is 6. The Bertz CT molecular complexity index is 1570. The van der Waals surface area contributed by atoms with Crippen molar-refractivity contribution in [3.05, 3.63) is 112 Å². The standard InChI is InChI=1S/C27H19N3O4S/c1-34-25-14-11-21(17-23(25)30(32)33)26-22(29-15-16-35-27(29)28-26)12-13-24(31)20-9-7-19(8-10-20)18-5-3-2-4-6-18/h2-17H,1H3/b13-12+. The van der Waals surface area contributed by atoms with E-state index >= 15 is 0 Å². The van der Waals surface area contributed by atoms with E-state index in [0.717, 1.165) is 16.1 Å². The normalized spacial score (nSPS) is 11.2. The van der Waals surface area contributed by atoms with E-state index < -0.39 is 4.92 Å². The lowest BCUT2D eigenvalue weighted by Crippen LogP contribution is -1.96. The lowest BCUT2D eigenvalue weighted by Gasteiger charge is -2.05. The van der Waals surface area contributed by atoms with Gasteiger partial charge in [0.15, 0.2) is 16.5 Å². The molecule has 0 spiro atoms. The highest BCUT2D eigenvalue weighted by molar-refractivity contribution is 7.15. The number of hydrogen-bond donors (Lipinski definition) is 0. The Morgan fingerprint density at radius 2 is 1.74 bits per heavy atom. The monoisotopic (exact) mass is 481 g/mol. The third kappa shape index (κ3) is 4.34. The minimum Gasteiger partial charge on any atom is -0.490 e. The molecule has 0 unspecified atom stereocenters. The Kier molecular flexibility index (Phi) is 5.95. The van der Waals surface area contributed by atoms with E-state index in [0.29, 0.717) is 22.5 Å². The number of carbonyl (C=O) groups is 1. The van der Waals surface area contributed by atoms with Gasteiger partial charge in [-0.2, -0.15) is 0 Å². The fraction of sp³-hybridized carbons (Fsp3) is 0.0370. The van der Waals surface area contributed by atoms with Crippen molar-refractivity contribution in [3.8, 4) is 28.1 Å². The van der Waals surface area contributed by atoms with E-state index in [4.69, 9.17) is 4.74 Å². The molecule has 0 saturated carbocycles. The second-order valence-corrected chi connectivity index (χ2v) is 8.56. The van der Waals surface area contributed by atoms with Crippen LogP contribution >= 0.6 is 11.3 Å². The van der Waals surface area contributed by atoms with Crippen LogP contribution in [0.3, 0.4) is 0 Å². The molecule has 3 aromatic carbocycles. The molecule has 2 aromatic heterocycles. The maximum Gasteiger partial charge on any atom is 0.311 e. The van der Waals surface area contributed by atoms with Gasteiger partial charge in [0, 0.05) is 28.8 Å². The minimum atomic E-state index is -0.487. The number of ether oxygens (including phenoxy) is 1. The molecule has 8 heteroatoms. The Morgan fingerprint density at radius 1 is 1.03 bits per heavy atom. The Balaban J connectivity index is 1.48. The van der Waals surface area contributed by atoms with Gasteiger partial charge in [-0.25, -0.2) is 4.98 Å². The molecule has 2 heterocycles. The van der Waals surface area contributed by atoms with Crippen LogP contribution in [0.2, 0.25) is 0 Å². The molecule has 0 radical (unpaired) electrons. The Labute approximate surface area is 204 Å². The van der Waals surface area contributed by atoms with Gasteiger partial charge in [-0.1, -0.05) is 54.6 Å². The summed E-state index contributed by atoms with van der Waals surface area (Å²) in [5.41, 5.74) is 4.30. The number of nitro groups is 1. The number of thiazole rings is 1. The summed E-state index contributed by atoms with van der Waals surface area (Å²) in [6, 6.07) is 22.1. The van der Waals surface area contributed by atoms with Crippen LogP contribution in [-0.2, 0) is 0 Å². The molecule has 0 aliphatic rings. The van der Waals surface area contributed by atoms with Crippen LogP contribution < -0.4 is 4.74 Å². The molecule has 172 valence electrons. The van der Waals surface area contributed by atoms with Crippen LogP contribution in [0.15, 0.2) is 90.4 Å². The van der Waals surface area contributed by atoms with Crippen molar-refractivity contribution >= 4 is 33.8 Å². The third-order valence-electron chi connectivity index (χ3n) is 5.62. The van der Waals surface area contributed by atoms with Crippen molar-refractivity contribution in [1.82, 2.24) is 9.38 Å². The van der Waals surface area contributed by atoms with Crippen LogP contribution in [0, 0.1) is 10.1 Å². The topological polar surface area (TPSA) is 86.7 Å². The van der Waals surface area contributed by atoms with Crippen LogP contribution in [0.5, 0.6) is 5.75 Å². The second kappa shape index (κ2) is 9.36. The molecule has 0 saturated heterocycles. The summed E-state index contributed by atoms with van der Waals surface area (Å²) >= 11 is 1.44. The fourth-order valence-electron chi connectivity index (χ4n) is 3.86. The number of benzene rings is 3. The molecule has 7 nitrogen and oxygen atoms in total. The largest absolute Gasteiger partial charge is 0.490 e. The van der Waals surface area contributed by atoms with Gasteiger partial charge >= 0.3 is 5.69 Å². The summed E-state index contributed by atoms with van der Waals surface area (Å²) in [6.45, 7) is 0. The summed E-state index contributed by atoms with van der Waals surface area (Å²) in [5, 5.41) is 13.4. The summed E-state index contributed by atoms with van der Waals surface area (Å²) in [5.74, 6) is 0.0208. The van der Waals surface area contributed by atoms with Gasteiger partial charge in [0.25, 0.3) is 0 Å². The van der Waals surface area contributed by atoms with E-state index in [1.165, 1.54) is 30.6 Å². The number of allylic oxidation sites excluding steroid dienone is 1. The summed E-state index contributed by atoms with van der Waals surface area (Å²) in [7, 11) is 1.39.